The Morgan fingerprint density at radius 2 is 0.693 bits per heavy atom. The summed E-state index contributed by atoms with van der Waals surface area (Å²) in [6.45, 7) is 10.2. The lowest BCUT2D eigenvalue weighted by Crippen LogP contribution is -2.47. The number of fused-ring (bicyclic) bond motifs is 3. The summed E-state index contributed by atoms with van der Waals surface area (Å²) in [5.74, 6) is -8.29. The van der Waals surface area contributed by atoms with E-state index in [2.05, 4.69) is 39.1 Å². The van der Waals surface area contributed by atoms with E-state index in [1.54, 1.807) is 54.6 Å². The molecule has 6 aromatic carbocycles. The molecule has 9 N–H and O–H groups in total. The number of sulfonamides is 2. The van der Waals surface area contributed by atoms with Crippen molar-refractivity contribution in [3.63, 3.8) is 0 Å². The minimum absolute atomic E-state index is 0.00700. The molecule has 7 atom stereocenters. The molecule has 5 heterocycles. The highest BCUT2D eigenvalue weighted by molar-refractivity contribution is 7.91. The molecule has 0 bridgehead atoms. The minimum atomic E-state index is -3.77. The van der Waals surface area contributed by atoms with Crippen LogP contribution in [0, 0.1) is 0 Å². The summed E-state index contributed by atoms with van der Waals surface area (Å²) < 4.78 is 131. The van der Waals surface area contributed by atoms with Crippen molar-refractivity contribution in [2.75, 3.05) is 192 Å². The van der Waals surface area contributed by atoms with Gasteiger partial charge in [0.1, 0.15) is 6.10 Å². The van der Waals surface area contributed by atoms with Crippen molar-refractivity contribution in [2.24, 2.45) is 5.73 Å². The molecule has 0 aromatic heterocycles. The van der Waals surface area contributed by atoms with Crippen LogP contribution in [-0.2, 0) is 140 Å². The van der Waals surface area contributed by atoms with Crippen LogP contribution < -0.4 is 20.5 Å². The SMILES string of the molecule is CN1Cc2c(Cl)cc(Cl)cc2C(c2ccc(S(=O)(=O)CCCOCCOCCOCCCC(=O)C(O)C(O)C(=O)NCCOCCOCCOCCNS(=O)(=O)c3ccc(C4CN(C)Cc5c(Cl)cc(Cl)cc54)cc3)cc2)C1.CN1Cc2c(Cl)cc(Cl)cc2C(c2ccc(S(=O)(=O)NCCOCCOCCOCCN)cc2)C1.O=C(ON1C(=O)CCC1=O)C(O)C(O)C(=O)ON1C(=O)CCC1=O. The topological polar surface area (TPSA) is 500 Å². The van der Waals surface area contributed by atoms with E-state index in [1.807, 2.05) is 75.7 Å². The summed E-state index contributed by atoms with van der Waals surface area (Å²) in [6, 6.07) is 31.8. The van der Waals surface area contributed by atoms with Gasteiger partial charge < -0.3 is 98.5 Å². The van der Waals surface area contributed by atoms with Gasteiger partial charge in [0.2, 0.25) is 20.0 Å². The van der Waals surface area contributed by atoms with E-state index in [9.17, 15) is 84.0 Å². The number of nitrogens with one attached hydrogen (secondary N) is 3. The fraction of sp³-hybridized carbons (Fsp3) is 0.511. The van der Waals surface area contributed by atoms with Crippen LogP contribution in [0.5, 0.6) is 0 Å². The second-order valence-electron chi connectivity index (χ2n) is 32.2. The third kappa shape index (κ3) is 35.0. The van der Waals surface area contributed by atoms with Gasteiger partial charge in [-0.3, -0.25) is 28.8 Å². The number of carbonyl (C=O) groups is 8. The third-order valence-electron chi connectivity index (χ3n) is 21.9. The molecule has 5 aliphatic rings. The fourth-order valence-corrected chi connectivity index (χ4v) is 19.9. The van der Waals surface area contributed by atoms with Gasteiger partial charge in [0.25, 0.3) is 29.5 Å². The number of amides is 5. The number of likely N-dealkylation sites (N-methyl/N-ethyl adjacent to an activating group) is 3. The van der Waals surface area contributed by atoms with E-state index in [1.165, 1.54) is 0 Å². The molecule has 5 amide bonds. The van der Waals surface area contributed by atoms with Gasteiger partial charge in [-0.05, 0) is 157 Å². The molecule has 5 aliphatic heterocycles. The Hall–Kier alpha value is -7.49. The molecule has 38 nitrogen and oxygen atoms in total. The summed E-state index contributed by atoms with van der Waals surface area (Å²) in [5, 5.41) is 45.7. The van der Waals surface area contributed by atoms with Crippen LogP contribution >= 0.6 is 69.6 Å². The summed E-state index contributed by atoms with van der Waals surface area (Å²) in [4.78, 5) is 109. The van der Waals surface area contributed by atoms with Gasteiger partial charge >= 0.3 is 11.9 Å². The number of Topliss-reactive ketones (excluding diaryl/α,β-unsaturated/α-hetero) is 1. The number of nitrogens with zero attached hydrogens (tertiary/aromatic N) is 5. The van der Waals surface area contributed by atoms with Crippen molar-refractivity contribution in [1.29, 1.82) is 0 Å². The first-order valence-electron chi connectivity index (χ1n) is 44.0. The highest BCUT2D eigenvalue weighted by Crippen LogP contribution is 2.42. The van der Waals surface area contributed by atoms with E-state index >= 15 is 0 Å². The standard InChI is InChI=1S/C54H70Cl4N4O14S2.C24H33Cl2N3O5S.C12H12N2O10/c1-61-33-45(43-29-39(55)31-49(57)47(43)35-61)37-6-10-41(11-7-37)77(67,68)28-4-17-72-21-25-75-24-20-71-16-3-5-51(63)52(64)53(65)54(66)59-14-18-73-22-26-76-27-23-74-19-15-60-78(69,70)42-12-8-38(9-13-42)46-34-62(2)36-48-44(46)30-40(56)32-50(48)58;1-29-16-22(21-14-19(25)15-24(26)23(21)17-29)18-2-4-20(5-3-18)35(30,31)28-7-9-33-11-13-34-12-10-32-8-6-27;15-5-1-2-6(16)13(5)23-11(21)9(19)10(20)12(22)24-14-7(17)3-4-8(14)18/h6-13,29-32,45-46,52-53,60,64-65H,3-5,14-28,33-36H2,1-2H3,(H,59,66);2-5,14-15,22,28H,6-13,16-17,27H2,1H3;9-10,19-20H,1-4H2. The Balaban J connectivity index is 0.000000289. The second kappa shape index (κ2) is 56.4. The summed E-state index contributed by atoms with van der Waals surface area (Å²) >= 11 is 38.3. The monoisotopic (exact) mass is 2090 g/mol. The highest BCUT2D eigenvalue weighted by atomic mass is 35.5. The quantitative estimate of drug-likeness (QED) is 0.0168. The zero-order chi connectivity index (χ0) is 99.5. The molecule has 6 aromatic rings. The van der Waals surface area contributed by atoms with Crippen LogP contribution in [0.4, 0.5) is 0 Å². The number of imide groups is 2. The van der Waals surface area contributed by atoms with Crippen LogP contribution in [-0.4, -0.2) is 334 Å². The molecule has 0 saturated carbocycles. The first-order valence-corrected chi connectivity index (χ1v) is 50.9. The van der Waals surface area contributed by atoms with Crippen molar-refractivity contribution in [3.8, 4) is 0 Å². The molecule has 11 rings (SSSR count). The van der Waals surface area contributed by atoms with Gasteiger partial charge in [-0.1, -0.05) is 106 Å². The number of aliphatic hydroxyl groups is 4. The molecule has 2 fully saturated rings. The van der Waals surface area contributed by atoms with Crippen LogP contribution in [0.2, 0.25) is 30.1 Å². The lowest BCUT2D eigenvalue weighted by molar-refractivity contribution is -0.216. The van der Waals surface area contributed by atoms with Gasteiger partial charge in [0.15, 0.2) is 33.9 Å². The Bertz CT molecular complexity index is 5130. The van der Waals surface area contributed by atoms with Gasteiger partial charge in [-0.2, -0.15) is 0 Å². The number of halogens is 6. The summed E-state index contributed by atoms with van der Waals surface area (Å²) in [6.07, 6.45) is -9.18. The van der Waals surface area contributed by atoms with E-state index in [4.69, 9.17) is 118 Å². The summed E-state index contributed by atoms with van der Waals surface area (Å²) in [5.41, 5.74) is 14.5. The first kappa shape index (κ1) is 113. The number of aliphatic hydroxyl groups excluding tert-OH is 4. The number of hydrogen-bond donors (Lipinski definition) is 8. The zero-order valence-corrected chi connectivity index (χ0v) is 82.7. The normalized spacial score (nSPS) is 17.4. The van der Waals surface area contributed by atoms with Crippen molar-refractivity contribution >= 4 is 147 Å². The van der Waals surface area contributed by atoms with Crippen molar-refractivity contribution < 1.29 is 136 Å². The zero-order valence-electron chi connectivity index (χ0n) is 75.7. The molecular weight excluding hydrogens is 1980 g/mol. The number of ether oxygens (including phenoxy) is 9. The Morgan fingerprint density at radius 1 is 0.394 bits per heavy atom. The number of sulfone groups is 1. The van der Waals surface area contributed by atoms with Crippen molar-refractivity contribution in [1.82, 2.24) is 39.6 Å². The van der Waals surface area contributed by atoms with Gasteiger partial charge in [-0.15, -0.1) is 10.1 Å². The number of hydrogen-bond acceptors (Lipinski definition) is 33. The predicted molar refractivity (Wildman–Crippen MR) is 502 cm³/mol. The number of hydroxylamine groups is 4. The van der Waals surface area contributed by atoms with E-state index < -0.39 is 102 Å². The average Bonchev–Trinajstić information content (AvgIpc) is 1.56. The predicted octanol–water partition coefficient (Wildman–Crippen LogP) is 5.66. The number of nitrogens with two attached hydrogens (primary N) is 1. The Kier molecular flexibility index (Phi) is 46.5. The smallest absolute Gasteiger partial charge is 0.364 e. The van der Waals surface area contributed by atoms with E-state index in [0.29, 0.717) is 89.2 Å². The second-order valence-corrected chi connectivity index (χ2v) is 40.4. The molecule has 2 saturated heterocycles. The van der Waals surface area contributed by atoms with Crippen LogP contribution in [0.25, 0.3) is 0 Å². The number of ketones is 1. The number of rotatable bonds is 53. The molecule has 0 aliphatic carbocycles. The molecule has 47 heteroatoms. The van der Waals surface area contributed by atoms with Crippen LogP contribution in [0.3, 0.4) is 0 Å². The molecule has 7 unspecified atom stereocenters. The minimum Gasteiger partial charge on any atom is -0.382 e. The molecule has 0 spiro atoms. The maximum atomic E-state index is 13.0. The van der Waals surface area contributed by atoms with Crippen molar-refractivity contribution in [3.05, 3.63) is 189 Å². The van der Waals surface area contributed by atoms with Gasteiger partial charge in [0, 0.05) is 159 Å². The van der Waals surface area contributed by atoms with Crippen LogP contribution in [0.1, 0.15) is 113 Å². The van der Waals surface area contributed by atoms with E-state index in [0.717, 1.165) is 76.3 Å². The highest BCUT2D eigenvalue weighted by Gasteiger charge is 2.43. The third-order valence-corrected chi connectivity index (χ3v) is 28.3. The lowest BCUT2D eigenvalue weighted by Gasteiger charge is -2.33. The maximum absolute atomic E-state index is 13.0. The van der Waals surface area contributed by atoms with Gasteiger partial charge in [0.05, 0.1) is 126 Å². The molecule has 137 heavy (non-hydrogen) atoms. The van der Waals surface area contributed by atoms with E-state index in [-0.39, 0.29) is 192 Å². The van der Waals surface area contributed by atoms with Crippen LogP contribution in [0.15, 0.2) is 124 Å². The van der Waals surface area contributed by atoms with Crippen molar-refractivity contribution in [2.45, 2.75) is 121 Å². The lowest BCUT2D eigenvalue weighted by atomic mass is 9.85. The largest absolute Gasteiger partial charge is 0.382 e. The van der Waals surface area contributed by atoms with Gasteiger partial charge in [-0.25, -0.2) is 44.3 Å². The average molecular weight is 2100 g/mol. The Labute approximate surface area is 825 Å². The molecule has 0 radical (unpaired) electrons. The number of carbonyl (C=O) groups excluding carboxylic acids is 8. The maximum Gasteiger partial charge on any atom is 0.364 e. The number of benzene rings is 6. The molecular formula is C90H115Cl6N9O29S3. The Morgan fingerprint density at radius 3 is 1.03 bits per heavy atom. The fourth-order valence-electron chi connectivity index (χ4n) is 14.9. The summed E-state index contributed by atoms with van der Waals surface area (Å²) in [7, 11) is -4.86. The first-order chi connectivity index (χ1) is 65.4. The molecule has 754 valence electrons.